The lowest BCUT2D eigenvalue weighted by molar-refractivity contribution is 0.413. The molecule has 0 bridgehead atoms. The van der Waals surface area contributed by atoms with Gasteiger partial charge < -0.3 is 0 Å². The van der Waals surface area contributed by atoms with Crippen molar-refractivity contribution in [3.05, 3.63) is 29.6 Å². The topological polar surface area (TPSA) is 12.9 Å². The number of rotatable bonds is 3. The molecule has 0 aliphatic carbocycles. The van der Waals surface area contributed by atoms with Crippen molar-refractivity contribution in [3.8, 4) is 0 Å². The van der Waals surface area contributed by atoms with Crippen LogP contribution >= 0.6 is 0 Å². The molecule has 0 N–H and O–H groups in total. The summed E-state index contributed by atoms with van der Waals surface area (Å²) in [6.07, 6.45) is 3.00. The van der Waals surface area contributed by atoms with Crippen molar-refractivity contribution in [1.29, 1.82) is 0 Å². The van der Waals surface area contributed by atoms with Crippen molar-refractivity contribution in [2.45, 2.75) is 34.1 Å². The fraction of sp³-hybridized carbons (Fsp3) is 0.583. The van der Waals surface area contributed by atoms with E-state index in [-0.39, 0.29) is 0 Å². The number of pyridine rings is 1. The van der Waals surface area contributed by atoms with E-state index >= 15 is 0 Å². The lowest BCUT2D eigenvalue weighted by atomic mass is 9.93. The first-order chi connectivity index (χ1) is 6.09. The maximum atomic E-state index is 4.36. The lowest BCUT2D eigenvalue weighted by Gasteiger charge is -2.14. The first-order valence-electron chi connectivity index (χ1n) is 5.01. The van der Waals surface area contributed by atoms with Crippen molar-refractivity contribution in [2.24, 2.45) is 11.8 Å². The van der Waals surface area contributed by atoms with Gasteiger partial charge >= 0.3 is 0 Å². The molecule has 0 aliphatic rings. The summed E-state index contributed by atoms with van der Waals surface area (Å²) in [7, 11) is 0. The number of aromatic nitrogens is 1. The molecule has 13 heavy (non-hydrogen) atoms. The zero-order chi connectivity index (χ0) is 9.84. The van der Waals surface area contributed by atoms with Crippen LogP contribution in [0.3, 0.4) is 0 Å². The van der Waals surface area contributed by atoms with Crippen molar-refractivity contribution >= 4 is 0 Å². The fourth-order valence-corrected chi connectivity index (χ4v) is 1.28. The average molecular weight is 177 g/mol. The minimum Gasteiger partial charge on any atom is -0.261 e. The standard InChI is InChI=1S/C12H19N/c1-9(2)11(4)8-12-7-10(3)5-6-13-12/h5-7,9,11H,8H2,1-4H3/t11-/m0/s1. The third kappa shape index (κ3) is 3.17. The summed E-state index contributed by atoms with van der Waals surface area (Å²) in [6, 6.07) is 4.22. The Morgan fingerprint density at radius 3 is 2.54 bits per heavy atom. The van der Waals surface area contributed by atoms with Gasteiger partial charge in [0, 0.05) is 11.9 Å². The minimum atomic E-state index is 0.717. The fourth-order valence-electron chi connectivity index (χ4n) is 1.28. The highest BCUT2D eigenvalue weighted by molar-refractivity contribution is 5.14. The first kappa shape index (κ1) is 10.2. The molecule has 1 atom stereocenters. The van der Waals surface area contributed by atoms with E-state index in [1.807, 2.05) is 12.3 Å². The summed E-state index contributed by atoms with van der Waals surface area (Å²) >= 11 is 0. The van der Waals surface area contributed by atoms with Gasteiger partial charge in [-0.3, -0.25) is 4.98 Å². The van der Waals surface area contributed by atoms with Crippen LogP contribution in [0.15, 0.2) is 18.3 Å². The summed E-state index contributed by atoms with van der Waals surface area (Å²) < 4.78 is 0. The second-order valence-electron chi connectivity index (χ2n) is 4.25. The number of hydrogen-bond donors (Lipinski definition) is 0. The largest absolute Gasteiger partial charge is 0.261 e. The molecule has 1 heteroatoms. The number of aryl methyl sites for hydroxylation is 1. The third-order valence-electron chi connectivity index (χ3n) is 2.64. The van der Waals surface area contributed by atoms with E-state index in [2.05, 4.69) is 38.7 Å². The zero-order valence-electron chi connectivity index (χ0n) is 9.04. The molecule has 1 rings (SSSR count). The van der Waals surface area contributed by atoms with Crippen LogP contribution in [-0.4, -0.2) is 4.98 Å². The molecule has 72 valence electrons. The smallest absolute Gasteiger partial charge is 0.0409 e. The number of nitrogens with zero attached hydrogens (tertiary/aromatic N) is 1. The van der Waals surface area contributed by atoms with E-state index in [0.29, 0.717) is 5.92 Å². The zero-order valence-corrected chi connectivity index (χ0v) is 9.04. The Kier molecular flexibility index (Phi) is 3.47. The highest BCUT2D eigenvalue weighted by Crippen LogP contribution is 2.15. The van der Waals surface area contributed by atoms with Crippen LogP contribution in [-0.2, 0) is 6.42 Å². The second-order valence-corrected chi connectivity index (χ2v) is 4.25. The Morgan fingerprint density at radius 1 is 1.31 bits per heavy atom. The van der Waals surface area contributed by atoms with Crippen LogP contribution in [0.5, 0.6) is 0 Å². The van der Waals surface area contributed by atoms with Gasteiger partial charge in [0.15, 0.2) is 0 Å². The predicted molar refractivity (Wildman–Crippen MR) is 56.7 cm³/mol. The second kappa shape index (κ2) is 4.40. The maximum absolute atomic E-state index is 4.36. The van der Waals surface area contributed by atoms with Gasteiger partial charge in [-0.05, 0) is 42.9 Å². The SMILES string of the molecule is Cc1ccnc(C[C@H](C)C(C)C)c1. The van der Waals surface area contributed by atoms with E-state index in [0.717, 1.165) is 12.3 Å². The number of hydrogen-bond acceptors (Lipinski definition) is 1. The molecule has 0 fully saturated rings. The molecule has 0 radical (unpaired) electrons. The molecular formula is C12H19N. The van der Waals surface area contributed by atoms with Gasteiger partial charge in [0.2, 0.25) is 0 Å². The molecule has 1 aromatic rings. The molecule has 0 spiro atoms. The molecule has 1 nitrogen and oxygen atoms in total. The summed E-state index contributed by atoms with van der Waals surface area (Å²) in [6.45, 7) is 8.93. The van der Waals surface area contributed by atoms with Crippen LogP contribution in [0.25, 0.3) is 0 Å². The van der Waals surface area contributed by atoms with E-state index in [1.54, 1.807) is 0 Å². The van der Waals surface area contributed by atoms with Crippen molar-refractivity contribution in [1.82, 2.24) is 4.98 Å². The Balaban J connectivity index is 2.64. The van der Waals surface area contributed by atoms with E-state index in [1.165, 1.54) is 11.3 Å². The Labute approximate surface area is 81.2 Å². The molecule has 1 heterocycles. The Morgan fingerprint density at radius 2 is 2.00 bits per heavy atom. The predicted octanol–water partition coefficient (Wildman–Crippen LogP) is 3.22. The molecule has 1 aromatic heterocycles. The molecular weight excluding hydrogens is 158 g/mol. The summed E-state index contributed by atoms with van der Waals surface area (Å²) in [4.78, 5) is 4.36. The highest BCUT2D eigenvalue weighted by Gasteiger charge is 2.08. The monoisotopic (exact) mass is 177 g/mol. The third-order valence-corrected chi connectivity index (χ3v) is 2.64. The molecule has 0 aromatic carbocycles. The lowest BCUT2D eigenvalue weighted by Crippen LogP contribution is -2.08. The van der Waals surface area contributed by atoms with Crippen molar-refractivity contribution in [2.75, 3.05) is 0 Å². The first-order valence-corrected chi connectivity index (χ1v) is 5.01. The molecule has 0 amide bonds. The van der Waals surface area contributed by atoms with Crippen LogP contribution in [0.1, 0.15) is 32.0 Å². The van der Waals surface area contributed by atoms with Gasteiger partial charge in [-0.2, -0.15) is 0 Å². The molecule has 0 saturated heterocycles. The van der Waals surface area contributed by atoms with Crippen LogP contribution in [0.2, 0.25) is 0 Å². The summed E-state index contributed by atoms with van der Waals surface area (Å²) in [5.41, 5.74) is 2.53. The molecule has 0 unspecified atom stereocenters. The van der Waals surface area contributed by atoms with Crippen LogP contribution < -0.4 is 0 Å². The van der Waals surface area contributed by atoms with Gasteiger partial charge in [-0.1, -0.05) is 20.8 Å². The van der Waals surface area contributed by atoms with E-state index in [9.17, 15) is 0 Å². The van der Waals surface area contributed by atoms with Gasteiger partial charge in [0.1, 0.15) is 0 Å². The Hall–Kier alpha value is -0.850. The van der Waals surface area contributed by atoms with Gasteiger partial charge in [-0.15, -0.1) is 0 Å². The van der Waals surface area contributed by atoms with Gasteiger partial charge in [0.25, 0.3) is 0 Å². The maximum Gasteiger partial charge on any atom is 0.0409 e. The van der Waals surface area contributed by atoms with Crippen molar-refractivity contribution < 1.29 is 0 Å². The normalized spacial score (nSPS) is 13.3. The molecule has 0 aliphatic heterocycles. The van der Waals surface area contributed by atoms with E-state index < -0.39 is 0 Å². The van der Waals surface area contributed by atoms with Gasteiger partial charge in [0.05, 0.1) is 0 Å². The van der Waals surface area contributed by atoms with Crippen molar-refractivity contribution in [3.63, 3.8) is 0 Å². The Bertz CT molecular complexity index is 266. The van der Waals surface area contributed by atoms with E-state index in [4.69, 9.17) is 0 Å². The molecule has 0 saturated carbocycles. The highest BCUT2D eigenvalue weighted by atomic mass is 14.7. The van der Waals surface area contributed by atoms with Crippen LogP contribution in [0, 0.1) is 18.8 Å². The van der Waals surface area contributed by atoms with Gasteiger partial charge in [-0.25, -0.2) is 0 Å². The summed E-state index contributed by atoms with van der Waals surface area (Å²) in [5, 5.41) is 0. The minimum absolute atomic E-state index is 0.717. The van der Waals surface area contributed by atoms with Crippen LogP contribution in [0.4, 0.5) is 0 Å². The summed E-state index contributed by atoms with van der Waals surface area (Å²) in [5.74, 6) is 1.46. The quantitative estimate of drug-likeness (QED) is 0.690. The average Bonchev–Trinajstić information content (AvgIpc) is 2.04.